The number of hydrogen-bond donors (Lipinski definition) is 2. The van der Waals surface area contributed by atoms with Crippen LogP contribution in [0.5, 0.6) is 11.6 Å². The molecule has 104 valence electrons. The predicted molar refractivity (Wildman–Crippen MR) is 69.8 cm³/mol. The fourth-order valence-electron chi connectivity index (χ4n) is 1.63. The number of aromatic amines is 1. The van der Waals surface area contributed by atoms with E-state index in [1.807, 2.05) is 6.92 Å². The predicted octanol–water partition coefficient (Wildman–Crippen LogP) is 1.04. The molecule has 7 heteroatoms. The van der Waals surface area contributed by atoms with Gasteiger partial charge in [0.15, 0.2) is 5.69 Å². The van der Waals surface area contributed by atoms with Gasteiger partial charge in [-0.05, 0) is 24.6 Å². The molecule has 0 radical (unpaired) electrons. The lowest BCUT2D eigenvalue weighted by molar-refractivity contribution is 0.0725. The number of benzene rings is 1. The maximum absolute atomic E-state index is 12.0. The molecule has 0 unspecified atom stereocenters. The maximum atomic E-state index is 12.0. The number of aromatic nitrogens is 2. The molecular weight excluding hydrogens is 262 g/mol. The highest BCUT2D eigenvalue weighted by Crippen LogP contribution is 2.20. The number of nitrogens with two attached hydrogens (primary N) is 1. The van der Waals surface area contributed by atoms with Crippen molar-refractivity contribution in [2.45, 2.75) is 6.92 Å². The second-order valence-electron chi connectivity index (χ2n) is 4.02. The second-order valence-corrected chi connectivity index (χ2v) is 4.02. The molecule has 1 aromatic carbocycles. The molecule has 2 rings (SSSR count). The van der Waals surface area contributed by atoms with Gasteiger partial charge in [-0.2, -0.15) is 0 Å². The monoisotopic (exact) mass is 275 g/mol. The van der Waals surface area contributed by atoms with E-state index >= 15 is 0 Å². The van der Waals surface area contributed by atoms with Crippen LogP contribution < -0.4 is 15.2 Å². The van der Waals surface area contributed by atoms with Gasteiger partial charge in [-0.1, -0.05) is 6.07 Å². The van der Waals surface area contributed by atoms with E-state index in [1.54, 1.807) is 18.2 Å². The van der Waals surface area contributed by atoms with Crippen molar-refractivity contribution in [3.63, 3.8) is 0 Å². The molecule has 0 saturated carbocycles. The van der Waals surface area contributed by atoms with Gasteiger partial charge in [-0.25, -0.2) is 9.78 Å². The van der Waals surface area contributed by atoms with Crippen molar-refractivity contribution in [3.05, 3.63) is 41.3 Å². The molecule has 1 amide bonds. The molecular formula is C13H13N3O4. The number of methoxy groups -OCH3 is 1. The summed E-state index contributed by atoms with van der Waals surface area (Å²) in [7, 11) is 1.51. The number of carbonyl (C=O) groups excluding carboxylic acids is 2. The Balaban J connectivity index is 2.24. The van der Waals surface area contributed by atoms with E-state index in [4.69, 9.17) is 15.2 Å². The number of imidazole rings is 1. The van der Waals surface area contributed by atoms with Crippen molar-refractivity contribution in [1.82, 2.24) is 9.97 Å². The first-order valence-corrected chi connectivity index (χ1v) is 5.73. The zero-order chi connectivity index (χ0) is 14.7. The highest BCUT2D eigenvalue weighted by atomic mass is 16.5. The van der Waals surface area contributed by atoms with Crippen molar-refractivity contribution in [2.24, 2.45) is 5.73 Å². The Labute approximate surface area is 114 Å². The van der Waals surface area contributed by atoms with Gasteiger partial charge in [-0.15, -0.1) is 0 Å². The zero-order valence-electron chi connectivity index (χ0n) is 11.0. The van der Waals surface area contributed by atoms with Gasteiger partial charge in [-0.3, -0.25) is 4.79 Å². The van der Waals surface area contributed by atoms with E-state index < -0.39 is 11.9 Å². The molecule has 2 aromatic rings. The Hall–Kier alpha value is -2.83. The number of primary amides is 1. The molecule has 1 aromatic heterocycles. The first-order chi connectivity index (χ1) is 9.52. The molecule has 0 saturated heterocycles. The molecule has 7 nitrogen and oxygen atoms in total. The standard InChI is InChI=1S/C13H13N3O4/c1-7-3-4-8(5-9(7)19-2)13(18)20-12-10(11(14)17)15-6-16-12/h3-6H,1-2H3,(H2,14,17)(H,15,16). The Morgan fingerprint density at radius 3 is 2.75 bits per heavy atom. The second kappa shape index (κ2) is 5.43. The lowest BCUT2D eigenvalue weighted by Gasteiger charge is -2.07. The topological polar surface area (TPSA) is 107 Å². The normalized spacial score (nSPS) is 10.1. The number of carbonyl (C=O) groups is 2. The Morgan fingerprint density at radius 1 is 1.35 bits per heavy atom. The van der Waals surface area contributed by atoms with Crippen LogP contribution in [0.25, 0.3) is 0 Å². The van der Waals surface area contributed by atoms with Crippen molar-refractivity contribution in [1.29, 1.82) is 0 Å². The van der Waals surface area contributed by atoms with Crippen molar-refractivity contribution in [3.8, 4) is 11.6 Å². The molecule has 0 aliphatic rings. The van der Waals surface area contributed by atoms with Gasteiger partial charge in [0.2, 0.25) is 0 Å². The van der Waals surface area contributed by atoms with E-state index in [1.165, 1.54) is 13.4 Å². The van der Waals surface area contributed by atoms with Crippen LogP contribution in [0.1, 0.15) is 26.4 Å². The molecule has 3 N–H and O–H groups in total. The summed E-state index contributed by atoms with van der Waals surface area (Å²) in [5.74, 6) is -0.997. The first-order valence-electron chi connectivity index (χ1n) is 5.73. The summed E-state index contributed by atoms with van der Waals surface area (Å²) in [6.45, 7) is 1.85. The fourth-order valence-corrected chi connectivity index (χ4v) is 1.63. The van der Waals surface area contributed by atoms with Crippen LogP contribution in [0.15, 0.2) is 24.5 Å². The number of aryl methyl sites for hydroxylation is 1. The number of amides is 1. The third kappa shape index (κ3) is 2.61. The molecule has 0 aliphatic heterocycles. The fraction of sp³-hybridized carbons (Fsp3) is 0.154. The van der Waals surface area contributed by atoms with E-state index in [2.05, 4.69) is 9.97 Å². The number of hydrogen-bond acceptors (Lipinski definition) is 5. The number of esters is 1. The Bertz CT molecular complexity index is 663. The number of nitrogens with one attached hydrogen (secondary N) is 1. The van der Waals surface area contributed by atoms with Gasteiger partial charge < -0.3 is 20.2 Å². The number of rotatable bonds is 4. The van der Waals surface area contributed by atoms with Crippen LogP contribution >= 0.6 is 0 Å². The van der Waals surface area contributed by atoms with E-state index in [0.717, 1.165) is 5.56 Å². The third-order valence-corrected chi connectivity index (χ3v) is 2.68. The Kier molecular flexibility index (Phi) is 3.69. The van der Waals surface area contributed by atoms with E-state index in [-0.39, 0.29) is 17.1 Å². The van der Waals surface area contributed by atoms with Gasteiger partial charge >= 0.3 is 5.97 Å². The SMILES string of the molecule is COc1cc(C(=O)Oc2nc[nH]c2C(N)=O)ccc1C. The average molecular weight is 275 g/mol. The van der Waals surface area contributed by atoms with Gasteiger partial charge in [0.1, 0.15) is 5.75 Å². The van der Waals surface area contributed by atoms with Crippen LogP contribution in [-0.4, -0.2) is 29.0 Å². The highest BCUT2D eigenvalue weighted by Gasteiger charge is 2.18. The first kappa shape index (κ1) is 13.6. The maximum Gasteiger partial charge on any atom is 0.345 e. The molecule has 1 heterocycles. The number of H-pyrrole nitrogens is 1. The Morgan fingerprint density at radius 2 is 2.10 bits per heavy atom. The quantitative estimate of drug-likeness (QED) is 0.811. The van der Waals surface area contributed by atoms with Crippen LogP contribution in [0, 0.1) is 6.92 Å². The van der Waals surface area contributed by atoms with Crippen LogP contribution in [0.3, 0.4) is 0 Å². The smallest absolute Gasteiger partial charge is 0.345 e. The number of ether oxygens (including phenoxy) is 2. The zero-order valence-corrected chi connectivity index (χ0v) is 11.0. The molecule has 0 spiro atoms. The molecule has 0 atom stereocenters. The summed E-state index contributed by atoms with van der Waals surface area (Å²) in [4.78, 5) is 29.3. The van der Waals surface area contributed by atoms with Gasteiger partial charge in [0.05, 0.1) is 19.0 Å². The van der Waals surface area contributed by atoms with Gasteiger partial charge in [0.25, 0.3) is 11.8 Å². The van der Waals surface area contributed by atoms with Crippen molar-refractivity contribution in [2.75, 3.05) is 7.11 Å². The molecule has 20 heavy (non-hydrogen) atoms. The summed E-state index contributed by atoms with van der Waals surface area (Å²) in [5, 5.41) is 0. The largest absolute Gasteiger partial charge is 0.496 e. The average Bonchev–Trinajstić information content (AvgIpc) is 2.87. The van der Waals surface area contributed by atoms with Crippen LogP contribution in [0.2, 0.25) is 0 Å². The summed E-state index contributed by atoms with van der Waals surface area (Å²) in [5.41, 5.74) is 6.23. The lowest BCUT2D eigenvalue weighted by atomic mass is 10.1. The van der Waals surface area contributed by atoms with E-state index in [9.17, 15) is 9.59 Å². The summed E-state index contributed by atoms with van der Waals surface area (Å²) in [6.07, 6.45) is 1.22. The minimum atomic E-state index is -0.758. The minimum Gasteiger partial charge on any atom is -0.496 e. The van der Waals surface area contributed by atoms with Crippen molar-refractivity contribution >= 4 is 11.9 Å². The number of nitrogens with zero attached hydrogens (tertiary/aromatic N) is 1. The van der Waals surface area contributed by atoms with Crippen LogP contribution in [0.4, 0.5) is 0 Å². The summed E-state index contributed by atoms with van der Waals surface area (Å²) < 4.78 is 10.2. The third-order valence-electron chi connectivity index (χ3n) is 2.68. The van der Waals surface area contributed by atoms with Crippen molar-refractivity contribution < 1.29 is 19.1 Å². The summed E-state index contributed by atoms with van der Waals surface area (Å²) in [6, 6.07) is 4.88. The summed E-state index contributed by atoms with van der Waals surface area (Å²) >= 11 is 0. The highest BCUT2D eigenvalue weighted by molar-refractivity contribution is 5.96. The molecule has 0 aliphatic carbocycles. The molecule has 0 bridgehead atoms. The molecule has 0 fully saturated rings. The van der Waals surface area contributed by atoms with E-state index in [0.29, 0.717) is 5.75 Å². The minimum absolute atomic E-state index is 0.0579. The van der Waals surface area contributed by atoms with Crippen LogP contribution in [-0.2, 0) is 0 Å². The lowest BCUT2D eigenvalue weighted by Crippen LogP contribution is -2.16. The van der Waals surface area contributed by atoms with Gasteiger partial charge in [0, 0.05) is 0 Å².